The van der Waals surface area contributed by atoms with Gasteiger partial charge in [-0.25, -0.2) is 8.78 Å². The molecule has 0 heterocycles. The van der Waals surface area contributed by atoms with Gasteiger partial charge in [0.05, 0.1) is 11.3 Å². The highest BCUT2D eigenvalue weighted by Gasteiger charge is 2.28. The summed E-state index contributed by atoms with van der Waals surface area (Å²) in [7, 11) is 0. The molecule has 0 saturated heterocycles. The quantitative estimate of drug-likeness (QED) is 0.550. The zero-order valence-corrected chi connectivity index (χ0v) is 9.93. The van der Waals surface area contributed by atoms with Crippen LogP contribution in [0.3, 0.4) is 0 Å². The van der Waals surface area contributed by atoms with Crippen LogP contribution in [0.25, 0.3) is 0 Å². The normalized spacial score (nSPS) is 17.1. The van der Waals surface area contributed by atoms with Crippen LogP contribution in [-0.4, -0.2) is 24.5 Å². The molecular weight excluding hydrogens is 228 g/mol. The van der Waals surface area contributed by atoms with Crippen molar-refractivity contribution in [2.75, 3.05) is 6.61 Å². The predicted molar refractivity (Wildman–Crippen MR) is 61.1 cm³/mol. The Bertz CT molecular complexity index is 392. The lowest BCUT2D eigenvalue weighted by atomic mass is 10.2. The fourth-order valence-electron chi connectivity index (χ4n) is 1.53. The van der Waals surface area contributed by atoms with Crippen molar-refractivity contribution in [3.05, 3.63) is 23.6 Å². The topological polar surface area (TPSA) is 38.7 Å². The fraction of sp³-hybridized carbons (Fsp3) is 0.500. The first-order valence-electron chi connectivity index (χ1n) is 5.30. The van der Waals surface area contributed by atoms with E-state index in [2.05, 4.69) is 11.6 Å². The first kappa shape index (κ1) is 13.5. The van der Waals surface area contributed by atoms with Gasteiger partial charge >= 0.3 is 0 Å². The van der Waals surface area contributed by atoms with Crippen LogP contribution in [0, 0.1) is 0 Å². The molecule has 0 amide bonds. The summed E-state index contributed by atoms with van der Waals surface area (Å²) >= 11 is 0. The SMILES string of the molecule is C=C(OCC(C)(F)F)C1=C(/N=C\C)CCC1=O. The van der Waals surface area contributed by atoms with Gasteiger partial charge in [0.1, 0.15) is 5.76 Å². The van der Waals surface area contributed by atoms with E-state index >= 15 is 0 Å². The third-order valence-electron chi connectivity index (χ3n) is 2.22. The molecule has 0 bridgehead atoms. The van der Waals surface area contributed by atoms with Gasteiger partial charge in [0.25, 0.3) is 5.92 Å². The summed E-state index contributed by atoms with van der Waals surface area (Å²) in [5.74, 6) is -3.12. The molecule has 0 fully saturated rings. The van der Waals surface area contributed by atoms with Gasteiger partial charge in [0.2, 0.25) is 0 Å². The van der Waals surface area contributed by atoms with Crippen molar-refractivity contribution in [2.45, 2.75) is 32.6 Å². The minimum absolute atomic E-state index is 0.0189. The Morgan fingerprint density at radius 2 is 2.24 bits per heavy atom. The number of allylic oxidation sites excluding steroid dienone is 2. The Kier molecular flexibility index (Phi) is 4.15. The lowest BCUT2D eigenvalue weighted by Gasteiger charge is -2.14. The highest BCUT2D eigenvalue weighted by atomic mass is 19.3. The Morgan fingerprint density at radius 1 is 1.59 bits per heavy atom. The second kappa shape index (κ2) is 5.21. The maximum absolute atomic E-state index is 12.6. The van der Waals surface area contributed by atoms with Gasteiger partial charge in [-0.15, -0.1) is 0 Å². The minimum Gasteiger partial charge on any atom is -0.487 e. The number of hydrogen-bond acceptors (Lipinski definition) is 3. The van der Waals surface area contributed by atoms with E-state index in [4.69, 9.17) is 4.74 Å². The van der Waals surface area contributed by atoms with Gasteiger partial charge in [-0.1, -0.05) is 6.58 Å². The maximum Gasteiger partial charge on any atom is 0.278 e. The number of ketones is 1. The lowest BCUT2D eigenvalue weighted by Crippen LogP contribution is -2.19. The molecule has 0 spiro atoms. The smallest absolute Gasteiger partial charge is 0.278 e. The molecule has 1 rings (SSSR count). The van der Waals surface area contributed by atoms with Crippen molar-refractivity contribution in [2.24, 2.45) is 4.99 Å². The third kappa shape index (κ3) is 3.76. The number of aliphatic imine (C=N–C) groups is 1. The van der Waals surface area contributed by atoms with E-state index in [1.54, 1.807) is 13.1 Å². The zero-order chi connectivity index (χ0) is 13.1. The second-order valence-corrected chi connectivity index (χ2v) is 3.91. The number of Topliss-reactive ketones (excluding diaryl/α,β-unsaturated/α-hetero) is 1. The number of carbonyl (C=O) groups excluding carboxylic acids is 1. The van der Waals surface area contributed by atoms with Crippen molar-refractivity contribution in [3.63, 3.8) is 0 Å². The molecule has 0 radical (unpaired) electrons. The zero-order valence-electron chi connectivity index (χ0n) is 9.93. The molecule has 0 N–H and O–H groups in total. The van der Waals surface area contributed by atoms with Crippen molar-refractivity contribution < 1.29 is 18.3 Å². The van der Waals surface area contributed by atoms with Gasteiger partial charge in [0, 0.05) is 19.6 Å². The number of hydrogen-bond donors (Lipinski definition) is 0. The van der Waals surface area contributed by atoms with Crippen molar-refractivity contribution in [1.82, 2.24) is 0 Å². The Balaban J connectivity index is 2.79. The van der Waals surface area contributed by atoms with Crippen LogP contribution in [0.5, 0.6) is 0 Å². The van der Waals surface area contributed by atoms with Gasteiger partial charge in [-0.05, 0) is 13.3 Å². The molecule has 0 aromatic carbocycles. The summed E-state index contributed by atoms with van der Waals surface area (Å²) in [6.07, 6.45) is 2.38. The van der Waals surface area contributed by atoms with Crippen LogP contribution >= 0.6 is 0 Å². The van der Waals surface area contributed by atoms with Crippen molar-refractivity contribution >= 4 is 12.0 Å². The van der Waals surface area contributed by atoms with E-state index in [0.29, 0.717) is 18.5 Å². The van der Waals surface area contributed by atoms with E-state index in [9.17, 15) is 13.6 Å². The highest BCUT2D eigenvalue weighted by Crippen LogP contribution is 2.29. The van der Waals surface area contributed by atoms with Gasteiger partial charge < -0.3 is 4.74 Å². The van der Waals surface area contributed by atoms with Crippen LogP contribution in [0.1, 0.15) is 26.7 Å². The molecule has 0 unspecified atom stereocenters. The molecule has 5 heteroatoms. The van der Waals surface area contributed by atoms with E-state index in [-0.39, 0.29) is 17.1 Å². The number of ether oxygens (including phenoxy) is 1. The molecule has 17 heavy (non-hydrogen) atoms. The van der Waals surface area contributed by atoms with Crippen LogP contribution < -0.4 is 0 Å². The summed E-state index contributed by atoms with van der Waals surface area (Å²) in [6.45, 7) is 5.19. The highest BCUT2D eigenvalue weighted by molar-refractivity contribution is 6.02. The number of nitrogens with zero attached hydrogens (tertiary/aromatic N) is 1. The number of rotatable bonds is 5. The molecular formula is C12H15F2NO2. The third-order valence-corrected chi connectivity index (χ3v) is 2.22. The van der Waals surface area contributed by atoms with E-state index in [1.165, 1.54) is 0 Å². The lowest BCUT2D eigenvalue weighted by molar-refractivity contribution is -0.115. The number of halogens is 2. The molecule has 3 nitrogen and oxygen atoms in total. The standard InChI is InChI=1S/C12H15F2NO2/c1-4-15-9-5-6-10(16)11(9)8(2)17-7-12(3,13)14/h4H,2,5-7H2,1,3H3/b15-4-. The Labute approximate surface area is 98.9 Å². The van der Waals surface area contributed by atoms with Crippen molar-refractivity contribution in [1.29, 1.82) is 0 Å². The molecule has 0 aromatic rings. The summed E-state index contributed by atoms with van der Waals surface area (Å²) in [5.41, 5.74) is 0.800. The van der Waals surface area contributed by atoms with Crippen LogP contribution in [0.4, 0.5) is 8.78 Å². The molecule has 1 aliphatic rings. The molecule has 0 aromatic heterocycles. The van der Waals surface area contributed by atoms with Crippen LogP contribution in [0.15, 0.2) is 28.6 Å². The average Bonchev–Trinajstić information content (AvgIpc) is 2.56. The monoisotopic (exact) mass is 243 g/mol. The van der Waals surface area contributed by atoms with E-state index in [1.807, 2.05) is 0 Å². The molecule has 0 atom stereocenters. The molecule has 1 aliphatic carbocycles. The summed E-state index contributed by atoms with van der Waals surface area (Å²) in [4.78, 5) is 15.6. The number of carbonyl (C=O) groups is 1. The molecule has 0 aliphatic heterocycles. The summed E-state index contributed by atoms with van der Waals surface area (Å²) in [5, 5.41) is 0. The molecule has 94 valence electrons. The predicted octanol–water partition coefficient (Wildman–Crippen LogP) is 2.88. The summed E-state index contributed by atoms with van der Waals surface area (Å²) < 4.78 is 30.1. The van der Waals surface area contributed by atoms with Crippen molar-refractivity contribution in [3.8, 4) is 0 Å². The van der Waals surface area contributed by atoms with Gasteiger partial charge in [-0.3, -0.25) is 9.79 Å². The second-order valence-electron chi connectivity index (χ2n) is 3.91. The van der Waals surface area contributed by atoms with E-state index < -0.39 is 12.5 Å². The average molecular weight is 243 g/mol. The van der Waals surface area contributed by atoms with Gasteiger partial charge in [0.15, 0.2) is 12.4 Å². The van der Waals surface area contributed by atoms with Crippen LogP contribution in [0.2, 0.25) is 0 Å². The first-order valence-corrected chi connectivity index (χ1v) is 5.30. The van der Waals surface area contributed by atoms with E-state index in [0.717, 1.165) is 6.92 Å². The van der Waals surface area contributed by atoms with Gasteiger partial charge in [-0.2, -0.15) is 0 Å². The Hall–Kier alpha value is -1.52. The summed E-state index contributed by atoms with van der Waals surface area (Å²) in [6, 6.07) is 0. The maximum atomic E-state index is 12.6. The first-order chi connectivity index (χ1) is 7.85. The number of alkyl halides is 2. The minimum atomic E-state index is -2.95. The Morgan fingerprint density at radius 3 is 2.76 bits per heavy atom. The molecule has 0 saturated carbocycles. The largest absolute Gasteiger partial charge is 0.487 e. The fourth-order valence-corrected chi connectivity index (χ4v) is 1.53. The van der Waals surface area contributed by atoms with Crippen LogP contribution in [-0.2, 0) is 9.53 Å².